The first-order chi connectivity index (χ1) is 10.5. The summed E-state index contributed by atoms with van der Waals surface area (Å²) in [6.45, 7) is 9.75. The fraction of sp³-hybridized carbons (Fsp3) is 0.400. The van der Waals surface area contributed by atoms with Gasteiger partial charge in [0.1, 0.15) is 5.75 Å². The molecule has 0 bridgehead atoms. The molecule has 2 nitrogen and oxygen atoms in total. The molecule has 0 saturated carbocycles. The van der Waals surface area contributed by atoms with Crippen molar-refractivity contribution in [3.63, 3.8) is 0 Å². The van der Waals surface area contributed by atoms with E-state index in [1.807, 2.05) is 12.1 Å². The molecule has 0 aliphatic rings. The number of rotatable bonds is 6. The van der Waals surface area contributed by atoms with Crippen molar-refractivity contribution in [1.82, 2.24) is 5.32 Å². The van der Waals surface area contributed by atoms with Gasteiger partial charge in [0.25, 0.3) is 0 Å². The number of aryl methyl sites for hydroxylation is 3. The van der Waals surface area contributed by atoms with Crippen LogP contribution < -0.4 is 10.1 Å². The molecule has 2 aromatic rings. The average molecular weight is 297 g/mol. The van der Waals surface area contributed by atoms with Crippen LogP contribution in [0.4, 0.5) is 0 Å². The Morgan fingerprint density at radius 2 is 1.73 bits per heavy atom. The molecule has 0 aliphatic heterocycles. The maximum Gasteiger partial charge on any atom is 0.119 e. The summed E-state index contributed by atoms with van der Waals surface area (Å²) in [5, 5.41) is 3.61. The van der Waals surface area contributed by atoms with Gasteiger partial charge in [0.05, 0.1) is 7.11 Å². The van der Waals surface area contributed by atoms with Gasteiger partial charge in [0, 0.05) is 6.04 Å². The number of methoxy groups -OCH3 is 1. The van der Waals surface area contributed by atoms with E-state index in [2.05, 4.69) is 57.3 Å². The van der Waals surface area contributed by atoms with Crippen LogP contribution in [0.25, 0.3) is 0 Å². The second-order valence-corrected chi connectivity index (χ2v) is 6.08. The monoisotopic (exact) mass is 297 g/mol. The normalized spacial score (nSPS) is 12.2. The van der Waals surface area contributed by atoms with E-state index >= 15 is 0 Å². The van der Waals surface area contributed by atoms with Gasteiger partial charge in [-0.3, -0.25) is 0 Å². The molecule has 0 spiro atoms. The summed E-state index contributed by atoms with van der Waals surface area (Å²) in [5.41, 5.74) is 6.87. The first-order valence-electron chi connectivity index (χ1n) is 7.95. The van der Waals surface area contributed by atoms with Crippen molar-refractivity contribution in [2.75, 3.05) is 13.7 Å². The van der Waals surface area contributed by atoms with Crippen molar-refractivity contribution in [1.29, 1.82) is 0 Å². The van der Waals surface area contributed by atoms with Crippen LogP contribution in [-0.2, 0) is 6.42 Å². The van der Waals surface area contributed by atoms with Gasteiger partial charge >= 0.3 is 0 Å². The molecule has 0 fully saturated rings. The minimum Gasteiger partial charge on any atom is -0.497 e. The minimum absolute atomic E-state index is 0.321. The standard InChI is InChI=1S/C20H27NO/c1-14-11-15(2)20(16(3)12-14)9-10-21-17(4)18-7-6-8-19(13-18)22-5/h6-8,11-13,17,21H,9-10H2,1-5H3/t17-/m0/s1. The molecule has 1 atom stereocenters. The molecule has 2 rings (SSSR count). The first kappa shape index (κ1) is 16.6. The summed E-state index contributed by atoms with van der Waals surface area (Å²) < 4.78 is 5.29. The molecule has 0 heterocycles. The molecule has 2 aromatic carbocycles. The quantitative estimate of drug-likeness (QED) is 0.847. The Bertz CT molecular complexity index is 610. The zero-order chi connectivity index (χ0) is 16.1. The van der Waals surface area contributed by atoms with E-state index in [1.165, 1.54) is 27.8 Å². The van der Waals surface area contributed by atoms with Crippen LogP contribution in [0.2, 0.25) is 0 Å². The Morgan fingerprint density at radius 1 is 1.05 bits per heavy atom. The predicted molar refractivity (Wildman–Crippen MR) is 93.8 cm³/mol. The van der Waals surface area contributed by atoms with Gasteiger partial charge in [-0.1, -0.05) is 29.8 Å². The van der Waals surface area contributed by atoms with Gasteiger partial charge in [-0.05, 0) is 75.0 Å². The summed E-state index contributed by atoms with van der Waals surface area (Å²) in [4.78, 5) is 0. The zero-order valence-electron chi connectivity index (χ0n) is 14.4. The van der Waals surface area contributed by atoms with Crippen molar-refractivity contribution in [2.24, 2.45) is 0 Å². The predicted octanol–water partition coefficient (Wildman–Crippen LogP) is 4.51. The third kappa shape index (κ3) is 4.11. The lowest BCUT2D eigenvalue weighted by atomic mass is 9.97. The summed E-state index contributed by atoms with van der Waals surface area (Å²) in [7, 11) is 1.71. The van der Waals surface area contributed by atoms with Crippen LogP contribution in [0.5, 0.6) is 5.75 Å². The molecule has 0 amide bonds. The minimum atomic E-state index is 0.321. The van der Waals surface area contributed by atoms with Gasteiger partial charge < -0.3 is 10.1 Å². The van der Waals surface area contributed by atoms with E-state index < -0.39 is 0 Å². The first-order valence-corrected chi connectivity index (χ1v) is 7.95. The third-order valence-electron chi connectivity index (χ3n) is 4.26. The molecule has 2 heteroatoms. The fourth-order valence-corrected chi connectivity index (χ4v) is 3.05. The van der Waals surface area contributed by atoms with E-state index in [9.17, 15) is 0 Å². The van der Waals surface area contributed by atoms with Crippen LogP contribution in [0.3, 0.4) is 0 Å². The number of benzene rings is 2. The Hall–Kier alpha value is -1.80. The lowest BCUT2D eigenvalue weighted by Gasteiger charge is -2.17. The molecule has 118 valence electrons. The molecule has 0 aliphatic carbocycles. The lowest BCUT2D eigenvalue weighted by Crippen LogP contribution is -2.22. The van der Waals surface area contributed by atoms with E-state index in [0.29, 0.717) is 6.04 Å². The van der Waals surface area contributed by atoms with Gasteiger partial charge in [-0.2, -0.15) is 0 Å². The molecule has 0 saturated heterocycles. The Morgan fingerprint density at radius 3 is 2.36 bits per heavy atom. The fourth-order valence-electron chi connectivity index (χ4n) is 3.05. The molecule has 0 unspecified atom stereocenters. The average Bonchev–Trinajstić information content (AvgIpc) is 2.49. The van der Waals surface area contributed by atoms with Crippen molar-refractivity contribution < 1.29 is 4.74 Å². The van der Waals surface area contributed by atoms with Crippen LogP contribution in [0, 0.1) is 20.8 Å². The summed E-state index contributed by atoms with van der Waals surface area (Å²) in [6, 6.07) is 13.1. The molecule has 0 aromatic heterocycles. The SMILES string of the molecule is COc1cccc([C@H](C)NCCc2c(C)cc(C)cc2C)c1. The van der Waals surface area contributed by atoms with Gasteiger partial charge in [-0.15, -0.1) is 0 Å². The lowest BCUT2D eigenvalue weighted by molar-refractivity contribution is 0.413. The Labute approximate surface area is 134 Å². The maximum atomic E-state index is 5.29. The highest BCUT2D eigenvalue weighted by atomic mass is 16.5. The van der Waals surface area contributed by atoms with Crippen LogP contribution in [0.15, 0.2) is 36.4 Å². The zero-order valence-corrected chi connectivity index (χ0v) is 14.4. The van der Waals surface area contributed by atoms with Crippen molar-refractivity contribution in [3.05, 3.63) is 64.2 Å². The van der Waals surface area contributed by atoms with Gasteiger partial charge in [0.2, 0.25) is 0 Å². The van der Waals surface area contributed by atoms with Crippen molar-refractivity contribution in [3.8, 4) is 5.75 Å². The highest BCUT2D eigenvalue weighted by Gasteiger charge is 2.08. The Kier molecular flexibility index (Phi) is 5.62. The largest absolute Gasteiger partial charge is 0.497 e. The van der Waals surface area contributed by atoms with Gasteiger partial charge in [-0.25, -0.2) is 0 Å². The van der Waals surface area contributed by atoms with Crippen LogP contribution in [0.1, 0.15) is 40.8 Å². The van der Waals surface area contributed by atoms with Crippen LogP contribution in [-0.4, -0.2) is 13.7 Å². The molecule has 0 radical (unpaired) electrons. The number of hydrogen-bond donors (Lipinski definition) is 1. The number of ether oxygens (including phenoxy) is 1. The molecular weight excluding hydrogens is 270 g/mol. The van der Waals surface area contributed by atoms with E-state index in [-0.39, 0.29) is 0 Å². The van der Waals surface area contributed by atoms with E-state index in [1.54, 1.807) is 7.11 Å². The molecular formula is C20H27NO. The highest BCUT2D eigenvalue weighted by molar-refractivity contribution is 5.37. The third-order valence-corrected chi connectivity index (χ3v) is 4.26. The molecule has 1 N–H and O–H groups in total. The maximum absolute atomic E-state index is 5.29. The van der Waals surface area contributed by atoms with Crippen molar-refractivity contribution >= 4 is 0 Å². The highest BCUT2D eigenvalue weighted by Crippen LogP contribution is 2.20. The second-order valence-electron chi connectivity index (χ2n) is 6.08. The van der Waals surface area contributed by atoms with E-state index in [0.717, 1.165) is 18.7 Å². The second kappa shape index (κ2) is 7.46. The number of nitrogens with one attached hydrogen (secondary N) is 1. The Balaban J connectivity index is 1.96. The summed E-state index contributed by atoms with van der Waals surface area (Å²) in [5.74, 6) is 0.913. The summed E-state index contributed by atoms with van der Waals surface area (Å²) >= 11 is 0. The van der Waals surface area contributed by atoms with Gasteiger partial charge in [0.15, 0.2) is 0 Å². The number of hydrogen-bond acceptors (Lipinski definition) is 2. The smallest absolute Gasteiger partial charge is 0.119 e. The van der Waals surface area contributed by atoms with E-state index in [4.69, 9.17) is 4.74 Å². The topological polar surface area (TPSA) is 21.3 Å². The van der Waals surface area contributed by atoms with Crippen LogP contribution >= 0.6 is 0 Å². The molecule has 22 heavy (non-hydrogen) atoms. The summed E-state index contributed by atoms with van der Waals surface area (Å²) in [6.07, 6.45) is 1.06. The van der Waals surface area contributed by atoms with Crippen molar-refractivity contribution in [2.45, 2.75) is 40.2 Å².